The highest BCUT2D eigenvalue weighted by molar-refractivity contribution is 5.94. The Balaban J connectivity index is 1.93. The number of pyridine rings is 1. The van der Waals surface area contributed by atoms with Crippen molar-refractivity contribution in [3.63, 3.8) is 0 Å². The van der Waals surface area contributed by atoms with Crippen LogP contribution in [0.1, 0.15) is 0 Å². The summed E-state index contributed by atoms with van der Waals surface area (Å²) in [5.41, 5.74) is 1.79. The van der Waals surface area contributed by atoms with Gasteiger partial charge >= 0.3 is 0 Å². The van der Waals surface area contributed by atoms with Crippen LogP contribution in [0.3, 0.4) is 0 Å². The standard InChI is InChI=1S/C24H35N3O3/c1-25-22-10-8-18(29-14-12-26(2,3)4)16-20(22)24(28)21-17-19(9-11-23(21)25)30-15-13-27(5,6)7/h8-11,16-17H,12-15H2,1-7H3/q+2. The van der Waals surface area contributed by atoms with Crippen molar-refractivity contribution in [1.29, 1.82) is 0 Å². The fourth-order valence-corrected chi connectivity index (χ4v) is 3.31. The van der Waals surface area contributed by atoms with E-state index in [0.29, 0.717) is 24.0 Å². The third-order valence-electron chi connectivity index (χ3n) is 5.21. The van der Waals surface area contributed by atoms with Gasteiger partial charge in [0.15, 0.2) is 5.43 Å². The van der Waals surface area contributed by atoms with E-state index in [1.54, 1.807) is 0 Å². The second-order valence-corrected chi connectivity index (χ2v) is 9.97. The van der Waals surface area contributed by atoms with Crippen molar-refractivity contribution in [2.75, 3.05) is 68.6 Å². The number of benzene rings is 2. The first kappa shape index (κ1) is 22.1. The van der Waals surface area contributed by atoms with Gasteiger partial charge in [-0.05, 0) is 36.4 Å². The molecule has 3 rings (SSSR count). The molecule has 0 aliphatic carbocycles. The molecule has 0 saturated heterocycles. The molecule has 30 heavy (non-hydrogen) atoms. The van der Waals surface area contributed by atoms with Crippen LogP contribution in [0.5, 0.6) is 11.5 Å². The van der Waals surface area contributed by atoms with Gasteiger partial charge in [-0.3, -0.25) is 4.79 Å². The molecule has 0 aliphatic heterocycles. The van der Waals surface area contributed by atoms with Crippen LogP contribution in [-0.2, 0) is 7.05 Å². The third-order valence-corrected chi connectivity index (χ3v) is 5.21. The zero-order chi connectivity index (χ0) is 22.1. The Morgan fingerprint density at radius 3 is 1.50 bits per heavy atom. The van der Waals surface area contributed by atoms with Crippen LogP contribution in [0.15, 0.2) is 41.2 Å². The van der Waals surface area contributed by atoms with E-state index in [4.69, 9.17) is 9.47 Å². The molecule has 0 spiro atoms. The van der Waals surface area contributed by atoms with Gasteiger partial charge in [0.1, 0.15) is 37.8 Å². The lowest BCUT2D eigenvalue weighted by Gasteiger charge is -2.23. The Morgan fingerprint density at radius 1 is 0.733 bits per heavy atom. The molecular formula is C24H35N3O3+2. The van der Waals surface area contributed by atoms with Crippen molar-refractivity contribution in [1.82, 2.24) is 4.57 Å². The number of nitrogens with zero attached hydrogens (tertiary/aromatic N) is 3. The summed E-state index contributed by atoms with van der Waals surface area (Å²) in [5, 5.41) is 1.33. The van der Waals surface area contributed by atoms with E-state index in [2.05, 4.69) is 46.9 Å². The van der Waals surface area contributed by atoms with Crippen molar-refractivity contribution in [3.8, 4) is 11.5 Å². The lowest BCUT2D eigenvalue weighted by Crippen LogP contribution is -2.38. The summed E-state index contributed by atoms with van der Waals surface area (Å²) >= 11 is 0. The Labute approximate surface area is 179 Å². The molecule has 1 aromatic heterocycles. The summed E-state index contributed by atoms with van der Waals surface area (Å²) in [6.45, 7) is 2.99. The van der Waals surface area contributed by atoms with E-state index in [9.17, 15) is 4.79 Å². The predicted molar refractivity (Wildman–Crippen MR) is 123 cm³/mol. The molecule has 2 aromatic carbocycles. The molecule has 3 aromatic rings. The minimum atomic E-state index is 0.00667. The largest absolute Gasteiger partial charge is 0.488 e. The van der Waals surface area contributed by atoms with E-state index in [1.165, 1.54) is 0 Å². The van der Waals surface area contributed by atoms with Gasteiger partial charge in [0, 0.05) is 17.8 Å². The monoisotopic (exact) mass is 413 g/mol. The van der Waals surface area contributed by atoms with Gasteiger partial charge < -0.3 is 23.0 Å². The fourth-order valence-electron chi connectivity index (χ4n) is 3.31. The molecule has 6 heteroatoms. The first-order valence-corrected chi connectivity index (χ1v) is 10.4. The summed E-state index contributed by atoms with van der Waals surface area (Å²) in [7, 11) is 14.8. The van der Waals surface area contributed by atoms with Crippen molar-refractivity contribution in [2.24, 2.45) is 7.05 Å². The lowest BCUT2D eigenvalue weighted by atomic mass is 10.1. The number of likely N-dealkylation sites (N-methyl/N-ethyl adjacent to an activating group) is 2. The topological polar surface area (TPSA) is 40.5 Å². The molecule has 0 saturated carbocycles. The molecule has 0 aliphatic rings. The van der Waals surface area contributed by atoms with Crippen molar-refractivity contribution in [2.45, 2.75) is 0 Å². The molecule has 0 atom stereocenters. The highest BCUT2D eigenvalue weighted by Gasteiger charge is 2.13. The maximum atomic E-state index is 13.3. The highest BCUT2D eigenvalue weighted by atomic mass is 16.5. The van der Waals surface area contributed by atoms with E-state index >= 15 is 0 Å². The van der Waals surface area contributed by atoms with Crippen LogP contribution in [0.25, 0.3) is 21.8 Å². The van der Waals surface area contributed by atoms with Gasteiger partial charge in [-0.2, -0.15) is 0 Å². The van der Waals surface area contributed by atoms with Gasteiger partial charge in [0.25, 0.3) is 0 Å². The molecule has 162 valence electrons. The van der Waals surface area contributed by atoms with Crippen molar-refractivity contribution >= 4 is 21.8 Å². The molecule has 0 unspecified atom stereocenters. The maximum Gasteiger partial charge on any atom is 0.197 e. The number of ether oxygens (including phenoxy) is 2. The third kappa shape index (κ3) is 5.32. The normalized spacial score (nSPS) is 12.5. The van der Waals surface area contributed by atoms with E-state index in [-0.39, 0.29) is 5.43 Å². The van der Waals surface area contributed by atoms with E-state index in [1.807, 2.05) is 43.4 Å². The Kier molecular flexibility index (Phi) is 6.11. The predicted octanol–water partition coefficient (Wildman–Crippen LogP) is 2.86. The van der Waals surface area contributed by atoms with Crippen LogP contribution < -0.4 is 14.9 Å². The Morgan fingerprint density at radius 2 is 1.13 bits per heavy atom. The molecular weight excluding hydrogens is 378 g/mol. The van der Waals surface area contributed by atoms with Crippen LogP contribution in [-0.4, -0.2) is 82.1 Å². The average molecular weight is 414 g/mol. The summed E-state index contributed by atoms with van der Waals surface area (Å²) < 4.78 is 15.5. The van der Waals surface area contributed by atoms with E-state index < -0.39 is 0 Å². The van der Waals surface area contributed by atoms with Gasteiger partial charge in [0.05, 0.1) is 53.3 Å². The number of quaternary nitrogens is 2. The molecule has 0 fully saturated rings. The number of aryl methyl sites for hydroxylation is 1. The number of hydrogen-bond acceptors (Lipinski definition) is 3. The maximum absolute atomic E-state index is 13.3. The van der Waals surface area contributed by atoms with Gasteiger partial charge in [-0.1, -0.05) is 0 Å². The molecule has 0 N–H and O–H groups in total. The summed E-state index contributed by atoms with van der Waals surface area (Å²) in [4.78, 5) is 13.3. The second kappa shape index (κ2) is 8.28. The van der Waals surface area contributed by atoms with Crippen molar-refractivity contribution < 1.29 is 18.4 Å². The number of rotatable bonds is 8. The first-order chi connectivity index (χ1) is 13.9. The smallest absolute Gasteiger partial charge is 0.197 e. The molecule has 0 radical (unpaired) electrons. The molecule has 6 nitrogen and oxygen atoms in total. The van der Waals surface area contributed by atoms with Crippen LogP contribution in [0.4, 0.5) is 0 Å². The fraction of sp³-hybridized carbons (Fsp3) is 0.458. The quantitative estimate of drug-likeness (QED) is 0.421. The Hall–Kier alpha value is -2.57. The minimum Gasteiger partial charge on any atom is -0.488 e. The van der Waals surface area contributed by atoms with Crippen LogP contribution >= 0.6 is 0 Å². The van der Waals surface area contributed by atoms with E-state index in [0.717, 1.165) is 44.6 Å². The SMILES string of the molecule is Cn1c2ccc(OCC[N+](C)(C)C)cc2c(=O)c2cc(OCC[N+](C)(C)C)ccc21. The zero-order valence-corrected chi connectivity index (χ0v) is 19.4. The second-order valence-electron chi connectivity index (χ2n) is 9.97. The minimum absolute atomic E-state index is 0.00667. The van der Waals surface area contributed by atoms with Crippen LogP contribution in [0, 0.1) is 0 Å². The number of aromatic nitrogens is 1. The average Bonchev–Trinajstić information content (AvgIpc) is 2.64. The molecule has 0 amide bonds. The lowest BCUT2D eigenvalue weighted by molar-refractivity contribution is -0.870. The van der Waals surface area contributed by atoms with Crippen LogP contribution in [0.2, 0.25) is 0 Å². The summed E-state index contributed by atoms with van der Waals surface area (Å²) in [5.74, 6) is 1.45. The highest BCUT2D eigenvalue weighted by Crippen LogP contribution is 2.25. The summed E-state index contributed by atoms with van der Waals surface area (Å²) in [6.07, 6.45) is 0. The molecule has 0 bridgehead atoms. The van der Waals surface area contributed by atoms with Gasteiger partial charge in [0.2, 0.25) is 0 Å². The zero-order valence-electron chi connectivity index (χ0n) is 19.4. The van der Waals surface area contributed by atoms with Crippen molar-refractivity contribution in [3.05, 3.63) is 46.6 Å². The van der Waals surface area contributed by atoms with Gasteiger partial charge in [-0.15, -0.1) is 0 Å². The Bertz CT molecular complexity index is 1020. The first-order valence-electron chi connectivity index (χ1n) is 10.4. The number of fused-ring (bicyclic) bond motifs is 2. The molecule has 1 heterocycles. The number of hydrogen-bond donors (Lipinski definition) is 0. The van der Waals surface area contributed by atoms with Gasteiger partial charge in [-0.25, -0.2) is 0 Å². The summed E-state index contributed by atoms with van der Waals surface area (Å²) in [6, 6.07) is 11.5.